The summed E-state index contributed by atoms with van der Waals surface area (Å²) in [6, 6.07) is 0. The van der Waals surface area contributed by atoms with E-state index in [2.05, 4.69) is 65.7 Å². The Labute approximate surface area is 112 Å². The lowest BCUT2D eigenvalue weighted by Gasteiger charge is -2.10. The van der Waals surface area contributed by atoms with Gasteiger partial charge in [-0.1, -0.05) is 42.5 Å². The first kappa shape index (κ1) is 25.7. The van der Waals surface area contributed by atoms with Crippen molar-refractivity contribution in [2.24, 2.45) is 11.8 Å². The molecule has 0 spiro atoms. The molecular weight excluding hydrogens is 208 g/mol. The van der Waals surface area contributed by atoms with E-state index in [1.807, 2.05) is 0 Å². The Morgan fingerprint density at radius 3 is 1.18 bits per heavy atom. The summed E-state index contributed by atoms with van der Waals surface area (Å²) in [6.45, 7) is 11.4. The minimum absolute atomic E-state index is 0. The highest BCUT2D eigenvalue weighted by molar-refractivity contribution is 4.47. The van der Waals surface area contributed by atoms with E-state index in [1.165, 1.54) is 19.5 Å². The van der Waals surface area contributed by atoms with Crippen molar-refractivity contribution in [2.45, 2.75) is 49.0 Å². The first-order chi connectivity index (χ1) is 6.75. The second-order valence-electron chi connectivity index (χ2n) is 5.64. The van der Waals surface area contributed by atoms with Gasteiger partial charge in [-0.05, 0) is 59.5 Å². The van der Waals surface area contributed by atoms with Crippen LogP contribution in [0.5, 0.6) is 0 Å². The van der Waals surface area contributed by atoms with Crippen LogP contribution < -0.4 is 0 Å². The molecule has 0 heterocycles. The van der Waals surface area contributed by atoms with Crippen LogP contribution in [0.2, 0.25) is 0 Å². The fourth-order valence-electron chi connectivity index (χ4n) is 1.25. The van der Waals surface area contributed by atoms with Gasteiger partial charge in [0.2, 0.25) is 0 Å². The first-order valence-corrected chi connectivity index (χ1v) is 6.05. The Balaban J connectivity index is -0.0000000896. The van der Waals surface area contributed by atoms with Crippen molar-refractivity contribution >= 4 is 0 Å². The fraction of sp³-hybridized carbons (Fsp3) is 1.00. The Kier molecular flexibility index (Phi) is 24.1. The molecular formula is C15H40N2. The Morgan fingerprint density at radius 2 is 1.12 bits per heavy atom. The van der Waals surface area contributed by atoms with Gasteiger partial charge in [0.05, 0.1) is 0 Å². The van der Waals surface area contributed by atoms with E-state index in [0.29, 0.717) is 0 Å². The molecule has 0 atom stereocenters. The molecule has 0 aliphatic heterocycles. The third-order valence-electron chi connectivity index (χ3n) is 1.88. The molecule has 0 aliphatic carbocycles. The van der Waals surface area contributed by atoms with E-state index in [-0.39, 0.29) is 14.9 Å². The predicted octanol–water partition coefficient (Wildman–Crippen LogP) is 4.07. The molecule has 0 saturated carbocycles. The number of rotatable bonds is 5. The average molecular weight is 248 g/mol. The lowest BCUT2D eigenvalue weighted by molar-refractivity contribution is 0.354. The summed E-state index contributed by atoms with van der Waals surface area (Å²) in [6.07, 6.45) is 1.31. The van der Waals surface area contributed by atoms with E-state index in [0.717, 1.165) is 11.8 Å². The van der Waals surface area contributed by atoms with E-state index < -0.39 is 0 Å². The molecule has 0 N–H and O–H groups in total. The van der Waals surface area contributed by atoms with Crippen molar-refractivity contribution in [1.82, 2.24) is 9.80 Å². The molecule has 0 fully saturated rings. The minimum atomic E-state index is 0. The van der Waals surface area contributed by atoms with E-state index in [1.54, 1.807) is 0 Å². The van der Waals surface area contributed by atoms with Crippen LogP contribution in [-0.2, 0) is 0 Å². The molecule has 2 heteroatoms. The maximum Gasteiger partial charge on any atom is -0.000172 e. The monoisotopic (exact) mass is 248 g/mol. The summed E-state index contributed by atoms with van der Waals surface area (Å²) in [5, 5.41) is 0. The molecule has 0 radical (unpaired) electrons. The molecule has 110 valence electrons. The highest BCUT2D eigenvalue weighted by atomic mass is 15.1. The second kappa shape index (κ2) is 15.9. The lowest BCUT2D eigenvalue weighted by Crippen LogP contribution is -2.17. The summed E-state index contributed by atoms with van der Waals surface area (Å²) in [5.41, 5.74) is 0. The number of hydrogen-bond acceptors (Lipinski definition) is 2. The molecule has 0 saturated heterocycles. The zero-order valence-corrected chi connectivity index (χ0v) is 12.2. The number of nitrogens with zero attached hydrogens (tertiary/aromatic N) is 2. The highest BCUT2D eigenvalue weighted by Crippen LogP contribution is 1.98. The van der Waals surface area contributed by atoms with Crippen molar-refractivity contribution in [2.75, 3.05) is 41.3 Å². The van der Waals surface area contributed by atoms with Crippen LogP contribution in [0, 0.1) is 11.8 Å². The third-order valence-corrected chi connectivity index (χ3v) is 1.88. The van der Waals surface area contributed by atoms with Gasteiger partial charge in [0.1, 0.15) is 0 Å². The standard InChI is InChI=1S/C7H17N.C6H15N.2CH4/c1-7(2)5-6-8(3)4;1-6(2)5-7(3)4;;/h7H,5-6H2,1-4H3;6H,5H2,1-4H3;2*1H4. The van der Waals surface area contributed by atoms with E-state index in [9.17, 15) is 0 Å². The van der Waals surface area contributed by atoms with Crippen LogP contribution in [0.4, 0.5) is 0 Å². The smallest absolute Gasteiger partial charge is 0.000172 e. The Hall–Kier alpha value is -0.0800. The van der Waals surface area contributed by atoms with Gasteiger partial charge in [0.25, 0.3) is 0 Å². The van der Waals surface area contributed by atoms with Crippen molar-refractivity contribution in [3.63, 3.8) is 0 Å². The van der Waals surface area contributed by atoms with Crippen molar-refractivity contribution in [3.05, 3.63) is 0 Å². The lowest BCUT2D eigenvalue weighted by atomic mass is 10.1. The normalized spacial score (nSPS) is 9.88. The van der Waals surface area contributed by atoms with Crippen LogP contribution >= 0.6 is 0 Å². The maximum absolute atomic E-state index is 2.25. The second-order valence-corrected chi connectivity index (χ2v) is 5.64. The van der Waals surface area contributed by atoms with Crippen LogP contribution in [0.1, 0.15) is 49.0 Å². The van der Waals surface area contributed by atoms with Crippen LogP contribution in [0.3, 0.4) is 0 Å². The quantitative estimate of drug-likeness (QED) is 0.723. The van der Waals surface area contributed by atoms with Crippen molar-refractivity contribution in [3.8, 4) is 0 Å². The molecule has 0 unspecified atom stereocenters. The van der Waals surface area contributed by atoms with Crippen LogP contribution in [0.15, 0.2) is 0 Å². The molecule has 0 rings (SSSR count). The molecule has 0 aromatic carbocycles. The summed E-state index contributed by atoms with van der Waals surface area (Å²) in [5.74, 6) is 1.65. The molecule has 17 heavy (non-hydrogen) atoms. The highest BCUT2D eigenvalue weighted by Gasteiger charge is 1.93. The summed E-state index contributed by atoms with van der Waals surface area (Å²) >= 11 is 0. The zero-order chi connectivity index (χ0) is 12.4. The topological polar surface area (TPSA) is 6.48 Å². The SMILES string of the molecule is C.C.CC(C)CCN(C)C.CC(C)CN(C)C. The molecule has 0 aromatic rings. The largest absolute Gasteiger partial charge is 0.309 e. The molecule has 2 nitrogen and oxygen atoms in total. The van der Waals surface area contributed by atoms with Crippen LogP contribution in [0.25, 0.3) is 0 Å². The third kappa shape index (κ3) is 38.8. The van der Waals surface area contributed by atoms with E-state index >= 15 is 0 Å². The van der Waals surface area contributed by atoms with Gasteiger partial charge in [-0.3, -0.25) is 0 Å². The van der Waals surface area contributed by atoms with Gasteiger partial charge >= 0.3 is 0 Å². The van der Waals surface area contributed by atoms with Gasteiger partial charge in [0.15, 0.2) is 0 Å². The fourth-order valence-corrected chi connectivity index (χ4v) is 1.25. The summed E-state index contributed by atoms with van der Waals surface area (Å²) in [7, 11) is 8.42. The Bertz CT molecular complexity index is 104. The summed E-state index contributed by atoms with van der Waals surface area (Å²) < 4.78 is 0. The van der Waals surface area contributed by atoms with Gasteiger partial charge in [-0.15, -0.1) is 0 Å². The van der Waals surface area contributed by atoms with Crippen LogP contribution in [-0.4, -0.2) is 51.1 Å². The van der Waals surface area contributed by atoms with E-state index in [4.69, 9.17) is 0 Å². The van der Waals surface area contributed by atoms with Gasteiger partial charge in [0, 0.05) is 0 Å². The van der Waals surface area contributed by atoms with Gasteiger partial charge in [-0.25, -0.2) is 0 Å². The first-order valence-electron chi connectivity index (χ1n) is 6.05. The van der Waals surface area contributed by atoms with Crippen molar-refractivity contribution in [1.29, 1.82) is 0 Å². The minimum Gasteiger partial charge on any atom is -0.309 e. The number of hydrogen-bond donors (Lipinski definition) is 0. The predicted molar refractivity (Wildman–Crippen MR) is 84.9 cm³/mol. The van der Waals surface area contributed by atoms with Crippen molar-refractivity contribution < 1.29 is 0 Å². The average Bonchev–Trinajstić information content (AvgIpc) is 1.99. The molecule has 0 aromatic heterocycles. The maximum atomic E-state index is 2.25. The molecule has 0 amide bonds. The molecule has 0 aliphatic rings. The molecule has 0 bridgehead atoms. The summed E-state index contributed by atoms with van der Waals surface area (Å²) in [4.78, 5) is 4.42. The van der Waals surface area contributed by atoms with Gasteiger partial charge in [-0.2, -0.15) is 0 Å². The Morgan fingerprint density at radius 1 is 0.706 bits per heavy atom. The van der Waals surface area contributed by atoms with Gasteiger partial charge < -0.3 is 9.80 Å². The zero-order valence-electron chi connectivity index (χ0n) is 12.2.